The molecule has 2 heterocycles. The van der Waals surface area contributed by atoms with Gasteiger partial charge in [0.25, 0.3) is 0 Å². The molecule has 0 amide bonds. The molecule has 2 aliphatic heterocycles. The summed E-state index contributed by atoms with van der Waals surface area (Å²) in [5.41, 5.74) is 3.46. The fraction of sp³-hybridized carbons (Fsp3) is 0.571. The highest BCUT2D eigenvalue weighted by Crippen LogP contribution is 2.44. The molecule has 0 radical (unpaired) electrons. The van der Waals surface area contributed by atoms with Gasteiger partial charge in [0.2, 0.25) is 0 Å². The smallest absolute Gasteiger partial charge is 0.0488 e. The molecule has 86 valence electrons. The van der Waals surface area contributed by atoms with Gasteiger partial charge >= 0.3 is 0 Å². The normalized spacial score (nSPS) is 24.9. The Morgan fingerprint density at radius 3 is 2.50 bits per heavy atom. The highest BCUT2D eigenvalue weighted by atomic mass is 15.2. The van der Waals surface area contributed by atoms with E-state index in [1.165, 1.54) is 31.5 Å². The number of rotatable bonds is 0. The molecule has 2 nitrogen and oxygen atoms in total. The Balaban J connectivity index is 2.01. The van der Waals surface area contributed by atoms with Crippen molar-refractivity contribution in [3.05, 3.63) is 35.4 Å². The van der Waals surface area contributed by atoms with Crippen LogP contribution in [0.1, 0.15) is 24.0 Å². The third-order valence-corrected chi connectivity index (χ3v) is 4.47. The summed E-state index contributed by atoms with van der Waals surface area (Å²) in [5.74, 6) is 0. The first kappa shape index (κ1) is 10.3. The third kappa shape index (κ3) is 1.33. The van der Waals surface area contributed by atoms with E-state index in [0.717, 1.165) is 6.54 Å². The average Bonchev–Trinajstić information content (AvgIpc) is 2.57. The minimum Gasteiger partial charge on any atom is -0.306 e. The van der Waals surface area contributed by atoms with E-state index in [1.807, 2.05) is 0 Å². The van der Waals surface area contributed by atoms with E-state index in [1.54, 1.807) is 5.56 Å². The minimum absolute atomic E-state index is 0.336. The molecule has 0 aliphatic carbocycles. The van der Waals surface area contributed by atoms with Crippen molar-refractivity contribution in [1.82, 2.24) is 9.80 Å². The molecule has 1 fully saturated rings. The highest BCUT2D eigenvalue weighted by Gasteiger charge is 2.44. The Kier molecular flexibility index (Phi) is 2.30. The number of hydrogen-bond donors (Lipinski definition) is 0. The molecule has 2 heteroatoms. The van der Waals surface area contributed by atoms with Gasteiger partial charge in [-0.3, -0.25) is 4.90 Å². The predicted octanol–water partition coefficient (Wildman–Crippen LogP) is 2.05. The third-order valence-electron chi connectivity index (χ3n) is 4.47. The van der Waals surface area contributed by atoms with Crippen LogP contribution in [-0.4, -0.2) is 37.0 Å². The van der Waals surface area contributed by atoms with Crippen LogP contribution >= 0.6 is 0 Å². The fourth-order valence-corrected chi connectivity index (χ4v) is 3.36. The molecule has 0 atom stereocenters. The van der Waals surface area contributed by atoms with Crippen molar-refractivity contribution in [1.29, 1.82) is 0 Å². The molecule has 1 aromatic carbocycles. The first-order chi connectivity index (χ1) is 7.72. The summed E-state index contributed by atoms with van der Waals surface area (Å²) in [4.78, 5) is 5.00. The molecule has 1 spiro atoms. The van der Waals surface area contributed by atoms with E-state index in [0.29, 0.717) is 5.54 Å². The van der Waals surface area contributed by atoms with Crippen molar-refractivity contribution in [2.24, 2.45) is 0 Å². The van der Waals surface area contributed by atoms with Gasteiger partial charge in [0, 0.05) is 12.1 Å². The molecule has 0 bridgehead atoms. The standard InChI is InChI=1S/C14H20N2/c1-15-9-7-14(8-10-15)13-6-4-3-5-12(13)11-16(14)2/h3-6H,7-11H2,1-2H3. The lowest BCUT2D eigenvalue weighted by molar-refractivity contribution is 0.0577. The SMILES string of the molecule is CN1CCC2(CC1)c1ccccc1CN2C. The number of benzene rings is 1. The van der Waals surface area contributed by atoms with Crippen molar-refractivity contribution in [2.45, 2.75) is 24.9 Å². The van der Waals surface area contributed by atoms with Gasteiger partial charge in [-0.25, -0.2) is 0 Å². The number of fused-ring (bicyclic) bond motifs is 2. The van der Waals surface area contributed by atoms with Crippen LogP contribution in [0.15, 0.2) is 24.3 Å². The lowest BCUT2D eigenvalue weighted by Crippen LogP contribution is -2.47. The largest absolute Gasteiger partial charge is 0.306 e. The molecule has 0 aromatic heterocycles. The average molecular weight is 216 g/mol. The van der Waals surface area contributed by atoms with E-state index in [9.17, 15) is 0 Å². The van der Waals surface area contributed by atoms with Crippen LogP contribution in [0.5, 0.6) is 0 Å². The molecule has 0 saturated carbocycles. The van der Waals surface area contributed by atoms with Crippen LogP contribution in [0.4, 0.5) is 0 Å². The maximum absolute atomic E-state index is 2.56. The first-order valence-corrected chi connectivity index (χ1v) is 6.20. The van der Waals surface area contributed by atoms with E-state index in [-0.39, 0.29) is 0 Å². The van der Waals surface area contributed by atoms with E-state index in [2.05, 4.69) is 48.2 Å². The maximum Gasteiger partial charge on any atom is 0.0488 e. The molecule has 16 heavy (non-hydrogen) atoms. The number of nitrogens with zero attached hydrogens (tertiary/aromatic N) is 2. The highest BCUT2D eigenvalue weighted by molar-refractivity contribution is 5.38. The monoisotopic (exact) mass is 216 g/mol. The van der Waals surface area contributed by atoms with Crippen molar-refractivity contribution in [2.75, 3.05) is 27.2 Å². The van der Waals surface area contributed by atoms with Gasteiger partial charge < -0.3 is 4.90 Å². The van der Waals surface area contributed by atoms with Crippen LogP contribution in [0.2, 0.25) is 0 Å². The molecule has 1 aromatic rings. The van der Waals surface area contributed by atoms with Crippen molar-refractivity contribution in [3.8, 4) is 0 Å². The Labute approximate surface area is 97.9 Å². The number of likely N-dealkylation sites (tertiary alicyclic amines) is 1. The first-order valence-electron chi connectivity index (χ1n) is 6.20. The van der Waals surface area contributed by atoms with Gasteiger partial charge in [-0.2, -0.15) is 0 Å². The molecule has 0 unspecified atom stereocenters. The zero-order chi connectivity index (χ0) is 11.2. The quantitative estimate of drug-likeness (QED) is 0.655. The molecular formula is C14H20N2. The summed E-state index contributed by atoms with van der Waals surface area (Å²) in [6, 6.07) is 8.99. The van der Waals surface area contributed by atoms with E-state index < -0.39 is 0 Å². The minimum atomic E-state index is 0.336. The molecule has 1 saturated heterocycles. The second-order valence-electron chi connectivity index (χ2n) is 5.35. The van der Waals surface area contributed by atoms with Crippen LogP contribution in [0.3, 0.4) is 0 Å². The molecule has 0 N–H and O–H groups in total. The van der Waals surface area contributed by atoms with Gasteiger partial charge in [0.15, 0.2) is 0 Å². The summed E-state index contributed by atoms with van der Waals surface area (Å²) in [6.45, 7) is 3.57. The zero-order valence-corrected chi connectivity index (χ0v) is 10.2. The van der Waals surface area contributed by atoms with E-state index >= 15 is 0 Å². The molecular weight excluding hydrogens is 196 g/mol. The van der Waals surface area contributed by atoms with Crippen LogP contribution in [0, 0.1) is 0 Å². The van der Waals surface area contributed by atoms with E-state index in [4.69, 9.17) is 0 Å². The van der Waals surface area contributed by atoms with Crippen LogP contribution < -0.4 is 0 Å². The summed E-state index contributed by atoms with van der Waals surface area (Å²) in [5, 5.41) is 0. The second-order valence-corrected chi connectivity index (χ2v) is 5.35. The Hall–Kier alpha value is -0.860. The summed E-state index contributed by atoms with van der Waals surface area (Å²) >= 11 is 0. The maximum atomic E-state index is 2.56. The number of hydrogen-bond acceptors (Lipinski definition) is 2. The van der Waals surface area contributed by atoms with Crippen LogP contribution in [-0.2, 0) is 12.1 Å². The summed E-state index contributed by atoms with van der Waals surface area (Å²) < 4.78 is 0. The fourth-order valence-electron chi connectivity index (χ4n) is 3.36. The van der Waals surface area contributed by atoms with Crippen molar-refractivity contribution < 1.29 is 0 Å². The lowest BCUT2D eigenvalue weighted by atomic mass is 9.81. The Morgan fingerprint density at radius 1 is 1.06 bits per heavy atom. The van der Waals surface area contributed by atoms with Crippen LogP contribution in [0.25, 0.3) is 0 Å². The molecule has 3 rings (SSSR count). The Bertz CT molecular complexity index is 391. The van der Waals surface area contributed by atoms with Gasteiger partial charge in [-0.15, -0.1) is 0 Å². The second kappa shape index (κ2) is 3.57. The van der Waals surface area contributed by atoms with Gasteiger partial charge in [-0.05, 0) is 51.2 Å². The van der Waals surface area contributed by atoms with Gasteiger partial charge in [-0.1, -0.05) is 24.3 Å². The summed E-state index contributed by atoms with van der Waals surface area (Å²) in [7, 11) is 4.51. The summed E-state index contributed by atoms with van der Waals surface area (Å²) in [6.07, 6.45) is 2.55. The van der Waals surface area contributed by atoms with Gasteiger partial charge in [0.05, 0.1) is 0 Å². The van der Waals surface area contributed by atoms with Crippen molar-refractivity contribution >= 4 is 0 Å². The predicted molar refractivity (Wildman–Crippen MR) is 66.3 cm³/mol. The zero-order valence-electron chi connectivity index (χ0n) is 10.2. The van der Waals surface area contributed by atoms with Crippen molar-refractivity contribution in [3.63, 3.8) is 0 Å². The Morgan fingerprint density at radius 2 is 1.75 bits per heavy atom. The number of piperidine rings is 1. The topological polar surface area (TPSA) is 6.48 Å². The molecule has 2 aliphatic rings. The lowest BCUT2D eigenvalue weighted by Gasteiger charge is -2.43. The van der Waals surface area contributed by atoms with Gasteiger partial charge in [0.1, 0.15) is 0 Å².